The third-order valence-electron chi connectivity index (χ3n) is 9.54. The lowest BCUT2D eigenvalue weighted by atomic mass is 10.1. The maximum Gasteiger partial charge on any atom is 0.306 e. The summed E-state index contributed by atoms with van der Waals surface area (Å²) >= 11 is 0. The molecule has 0 aromatic heterocycles. The molecule has 0 spiro atoms. The molecule has 320 valence electrons. The van der Waals surface area contributed by atoms with Crippen molar-refractivity contribution in [3.63, 3.8) is 0 Å². The van der Waals surface area contributed by atoms with E-state index < -0.39 is 6.10 Å². The molecule has 0 saturated carbocycles. The van der Waals surface area contributed by atoms with E-state index in [1.807, 2.05) is 30.4 Å². The van der Waals surface area contributed by atoms with Crippen molar-refractivity contribution in [3.05, 3.63) is 72.9 Å². The van der Waals surface area contributed by atoms with Crippen LogP contribution in [-0.2, 0) is 28.6 Å². The standard InChI is InChI=1S/C50H84O6/c1-4-7-10-13-16-19-22-23-24-25-26-27-28-29-32-34-37-40-43-49(52)55-46-47(56-50(53)44-41-38-35-31-21-18-15-12-9-6-3)45-54-48(51)42-39-36-33-30-20-17-14-11-8-5-2/h10,13,15-16,18-19,22-27,47H,4-9,11-12,14,17,20-21,28-46H2,1-3H3/b13-10-,18-15-,19-16-,23-22-,25-24-,27-26-. The Hall–Kier alpha value is -3.15. The number of rotatable bonds is 40. The minimum atomic E-state index is -0.787. The van der Waals surface area contributed by atoms with Crippen LogP contribution in [0.15, 0.2) is 72.9 Å². The van der Waals surface area contributed by atoms with Gasteiger partial charge in [0.2, 0.25) is 0 Å². The van der Waals surface area contributed by atoms with Gasteiger partial charge in [0.15, 0.2) is 6.10 Å². The van der Waals surface area contributed by atoms with E-state index >= 15 is 0 Å². The minimum absolute atomic E-state index is 0.0880. The zero-order chi connectivity index (χ0) is 40.8. The second-order valence-corrected chi connectivity index (χ2v) is 15.1. The number of carbonyl (C=O) groups is 3. The van der Waals surface area contributed by atoms with Gasteiger partial charge in [0.1, 0.15) is 13.2 Å². The van der Waals surface area contributed by atoms with Gasteiger partial charge in [-0.2, -0.15) is 0 Å². The fourth-order valence-electron chi connectivity index (χ4n) is 6.04. The first-order valence-electron chi connectivity index (χ1n) is 23.0. The molecule has 0 radical (unpaired) electrons. The summed E-state index contributed by atoms with van der Waals surface area (Å²) in [7, 11) is 0. The van der Waals surface area contributed by atoms with Gasteiger partial charge in [0.05, 0.1) is 0 Å². The Balaban J connectivity index is 4.40. The van der Waals surface area contributed by atoms with Crippen LogP contribution in [0.2, 0.25) is 0 Å². The number of hydrogen-bond donors (Lipinski definition) is 0. The molecule has 6 heteroatoms. The van der Waals surface area contributed by atoms with Crippen LogP contribution in [0, 0.1) is 0 Å². The predicted octanol–water partition coefficient (Wildman–Crippen LogP) is 14.7. The van der Waals surface area contributed by atoms with E-state index in [0.29, 0.717) is 19.3 Å². The third-order valence-corrected chi connectivity index (χ3v) is 9.54. The van der Waals surface area contributed by atoms with Gasteiger partial charge in [0, 0.05) is 19.3 Å². The van der Waals surface area contributed by atoms with Crippen LogP contribution >= 0.6 is 0 Å². The topological polar surface area (TPSA) is 78.9 Å². The third kappa shape index (κ3) is 42.0. The minimum Gasteiger partial charge on any atom is -0.462 e. The van der Waals surface area contributed by atoms with Gasteiger partial charge in [-0.1, -0.05) is 203 Å². The summed E-state index contributed by atoms with van der Waals surface area (Å²) in [6.45, 7) is 6.44. The van der Waals surface area contributed by atoms with Crippen LogP contribution in [0.25, 0.3) is 0 Å². The first-order chi connectivity index (χ1) is 27.5. The number of esters is 3. The molecule has 0 aliphatic carbocycles. The van der Waals surface area contributed by atoms with Crippen molar-refractivity contribution < 1.29 is 28.6 Å². The van der Waals surface area contributed by atoms with Crippen molar-refractivity contribution in [2.24, 2.45) is 0 Å². The highest BCUT2D eigenvalue weighted by molar-refractivity contribution is 5.71. The maximum absolute atomic E-state index is 12.7. The van der Waals surface area contributed by atoms with Crippen LogP contribution in [0.4, 0.5) is 0 Å². The van der Waals surface area contributed by atoms with Gasteiger partial charge in [-0.3, -0.25) is 14.4 Å². The van der Waals surface area contributed by atoms with Gasteiger partial charge >= 0.3 is 17.9 Å². The number of allylic oxidation sites excluding steroid dienone is 12. The highest BCUT2D eigenvalue weighted by Gasteiger charge is 2.19. The maximum atomic E-state index is 12.7. The van der Waals surface area contributed by atoms with E-state index in [1.165, 1.54) is 64.2 Å². The molecule has 0 aromatic carbocycles. The van der Waals surface area contributed by atoms with Gasteiger partial charge in [-0.25, -0.2) is 0 Å². The molecule has 0 aliphatic rings. The Bertz CT molecular complexity index is 1080. The number of ether oxygens (including phenoxy) is 3. The van der Waals surface area contributed by atoms with Crippen molar-refractivity contribution in [1.82, 2.24) is 0 Å². The first kappa shape index (κ1) is 52.9. The molecule has 0 aromatic rings. The molecule has 0 bridgehead atoms. The number of unbranched alkanes of at least 4 members (excludes halogenated alkanes) is 21. The lowest BCUT2D eigenvalue weighted by Crippen LogP contribution is -2.30. The summed E-state index contributed by atoms with van der Waals surface area (Å²) in [6.07, 6.45) is 54.5. The van der Waals surface area contributed by atoms with Crippen LogP contribution in [0.3, 0.4) is 0 Å². The molecule has 0 rings (SSSR count). The van der Waals surface area contributed by atoms with E-state index in [4.69, 9.17) is 14.2 Å². The molecular weight excluding hydrogens is 697 g/mol. The monoisotopic (exact) mass is 781 g/mol. The smallest absolute Gasteiger partial charge is 0.306 e. The lowest BCUT2D eigenvalue weighted by molar-refractivity contribution is -0.167. The molecule has 0 aliphatic heterocycles. The second kappa shape index (κ2) is 44.6. The van der Waals surface area contributed by atoms with Crippen LogP contribution in [0.5, 0.6) is 0 Å². The van der Waals surface area contributed by atoms with E-state index in [0.717, 1.165) is 103 Å². The summed E-state index contributed by atoms with van der Waals surface area (Å²) in [6, 6.07) is 0. The molecule has 56 heavy (non-hydrogen) atoms. The molecular formula is C50H84O6. The average molecular weight is 781 g/mol. The molecule has 1 unspecified atom stereocenters. The molecule has 6 nitrogen and oxygen atoms in total. The zero-order valence-corrected chi connectivity index (χ0v) is 36.4. The normalized spacial score (nSPS) is 12.7. The van der Waals surface area contributed by atoms with Crippen molar-refractivity contribution in [2.75, 3.05) is 13.2 Å². The van der Waals surface area contributed by atoms with Crippen molar-refractivity contribution in [3.8, 4) is 0 Å². The van der Waals surface area contributed by atoms with Crippen molar-refractivity contribution in [1.29, 1.82) is 0 Å². The van der Waals surface area contributed by atoms with Gasteiger partial charge < -0.3 is 14.2 Å². The van der Waals surface area contributed by atoms with Crippen LogP contribution < -0.4 is 0 Å². The number of hydrogen-bond acceptors (Lipinski definition) is 6. The van der Waals surface area contributed by atoms with E-state index in [9.17, 15) is 14.4 Å². The van der Waals surface area contributed by atoms with E-state index in [2.05, 4.69) is 63.3 Å². The summed E-state index contributed by atoms with van der Waals surface area (Å²) in [5, 5.41) is 0. The quantitative estimate of drug-likeness (QED) is 0.0203. The molecule has 1 atom stereocenters. The van der Waals surface area contributed by atoms with E-state index in [-0.39, 0.29) is 31.1 Å². The van der Waals surface area contributed by atoms with Crippen LogP contribution in [-0.4, -0.2) is 37.2 Å². The Morgan fingerprint density at radius 1 is 0.357 bits per heavy atom. The zero-order valence-electron chi connectivity index (χ0n) is 36.4. The number of carbonyl (C=O) groups excluding carboxylic acids is 3. The molecule has 0 amide bonds. The molecule has 0 heterocycles. The van der Waals surface area contributed by atoms with E-state index in [1.54, 1.807) is 0 Å². The summed E-state index contributed by atoms with van der Waals surface area (Å²) in [5.41, 5.74) is 0. The molecule has 0 saturated heterocycles. The largest absolute Gasteiger partial charge is 0.462 e. The van der Waals surface area contributed by atoms with Gasteiger partial charge in [-0.15, -0.1) is 0 Å². The Kier molecular flexibility index (Phi) is 42.1. The Morgan fingerprint density at radius 3 is 1.18 bits per heavy atom. The van der Waals surface area contributed by atoms with Gasteiger partial charge in [-0.05, 0) is 57.8 Å². The first-order valence-corrected chi connectivity index (χ1v) is 23.0. The van der Waals surface area contributed by atoms with Gasteiger partial charge in [0.25, 0.3) is 0 Å². The SMILES string of the molecule is CCC\C=C/C=C\C=C/C=C\C=C/CCCCCCCC(=O)OCC(COC(=O)CCCCCCCCCCCC)OC(=O)CCCCCC/C=C\CCCC. The Labute approximate surface area is 344 Å². The summed E-state index contributed by atoms with van der Waals surface area (Å²) in [4.78, 5) is 37.7. The molecule has 0 N–H and O–H groups in total. The fraction of sp³-hybridized carbons (Fsp3) is 0.700. The second-order valence-electron chi connectivity index (χ2n) is 15.1. The highest BCUT2D eigenvalue weighted by atomic mass is 16.6. The van der Waals surface area contributed by atoms with Crippen molar-refractivity contribution >= 4 is 17.9 Å². The lowest BCUT2D eigenvalue weighted by Gasteiger charge is -2.18. The summed E-state index contributed by atoms with van der Waals surface area (Å²) < 4.78 is 16.7. The Morgan fingerprint density at radius 2 is 0.714 bits per heavy atom. The average Bonchev–Trinajstić information content (AvgIpc) is 3.19. The van der Waals surface area contributed by atoms with Crippen LogP contribution in [0.1, 0.15) is 207 Å². The molecule has 0 fully saturated rings. The highest BCUT2D eigenvalue weighted by Crippen LogP contribution is 2.13. The fourth-order valence-corrected chi connectivity index (χ4v) is 6.04. The van der Waals surface area contributed by atoms with Crippen molar-refractivity contribution in [2.45, 2.75) is 213 Å². The summed E-state index contributed by atoms with van der Waals surface area (Å²) in [5.74, 6) is -0.934. The predicted molar refractivity (Wildman–Crippen MR) is 238 cm³/mol.